The summed E-state index contributed by atoms with van der Waals surface area (Å²) in [6.45, 7) is 2.93. The molecule has 5 heteroatoms. The molecule has 1 aromatic carbocycles. The van der Waals surface area contributed by atoms with Crippen LogP contribution in [0.5, 0.6) is 0 Å². The van der Waals surface area contributed by atoms with Gasteiger partial charge in [-0.25, -0.2) is 9.37 Å². The van der Waals surface area contributed by atoms with Crippen molar-refractivity contribution in [3.8, 4) is 0 Å². The predicted octanol–water partition coefficient (Wildman–Crippen LogP) is 2.49. The maximum Gasteiger partial charge on any atom is 0.141 e. The van der Waals surface area contributed by atoms with Crippen LogP contribution in [0.2, 0.25) is 5.02 Å². The van der Waals surface area contributed by atoms with Gasteiger partial charge < -0.3 is 10.3 Å². The van der Waals surface area contributed by atoms with Gasteiger partial charge in [0, 0.05) is 19.3 Å². The highest BCUT2D eigenvalue weighted by molar-refractivity contribution is 6.30. The molecule has 1 heterocycles. The number of hydrogen-bond donors (Lipinski definition) is 1. The van der Waals surface area contributed by atoms with E-state index in [1.807, 2.05) is 11.5 Å². The molecule has 17 heavy (non-hydrogen) atoms. The highest BCUT2D eigenvalue weighted by Crippen LogP contribution is 2.17. The topological polar surface area (TPSA) is 43.8 Å². The Kier molecular flexibility index (Phi) is 3.45. The van der Waals surface area contributed by atoms with E-state index >= 15 is 0 Å². The summed E-state index contributed by atoms with van der Waals surface area (Å²) in [6.07, 6.45) is 1.75. The maximum absolute atomic E-state index is 13.0. The van der Waals surface area contributed by atoms with Gasteiger partial charge in [0.2, 0.25) is 0 Å². The van der Waals surface area contributed by atoms with E-state index in [4.69, 9.17) is 17.3 Å². The largest absolute Gasteiger partial charge is 0.327 e. The molecule has 3 nitrogen and oxygen atoms in total. The van der Waals surface area contributed by atoms with E-state index < -0.39 is 5.82 Å². The van der Waals surface area contributed by atoms with Crippen LogP contribution in [-0.4, -0.2) is 9.55 Å². The van der Waals surface area contributed by atoms with Crippen molar-refractivity contribution in [1.29, 1.82) is 0 Å². The minimum Gasteiger partial charge on any atom is -0.327 e. The van der Waals surface area contributed by atoms with Gasteiger partial charge in [0.05, 0.1) is 10.7 Å². The lowest BCUT2D eigenvalue weighted by Crippen LogP contribution is -2.09. The second-order valence-corrected chi connectivity index (χ2v) is 4.24. The minimum atomic E-state index is -0.406. The molecule has 0 spiro atoms. The van der Waals surface area contributed by atoms with Gasteiger partial charge in [-0.2, -0.15) is 0 Å². The molecule has 0 atom stereocenters. The van der Waals surface area contributed by atoms with E-state index in [0.29, 0.717) is 13.1 Å². The average molecular weight is 254 g/mol. The Balaban J connectivity index is 2.31. The first-order chi connectivity index (χ1) is 8.11. The van der Waals surface area contributed by atoms with Gasteiger partial charge in [-0.1, -0.05) is 17.7 Å². The molecular formula is C12H13ClFN3. The number of nitrogens with two attached hydrogens (primary N) is 1. The monoisotopic (exact) mass is 253 g/mol. The van der Waals surface area contributed by atoms with Crippen molar-refractivity contribution < 1.29 is 4.39 Å². The summed E-state index contributed by atoms with van der Waals surface area (Å²) >= 11 is 5.74. The highest BCUT2D eigenvalue weighted by Gasteiger charge is 2.07. The lowest BCUT2D eigenvalue weighted by atomic mass is 10.2. The lowest BCUT2D eigenvalue weighted by molar-refractivity contribution is 0.626. The second kappa shape index (κ2) is 4.85. The zero-order valence-electron chi connectivity index (χ0n) is 9.45. The third kappa shape index (κ3) is 2.48. The molecule has 0 unspecified atom stereocenters. The Morgan fingerprint density at radius 3 is 2.88 bits per heavy atom. The summed E-state index contributed by atoms with van der Waals surface area (Å²) in [6, 6.07) is 4.70. The van der Waals surface area contributed by atoms with Crippen LogP contribution in [-0.2, 0) is 13.1 Å². The molecule has 2 rings (SSSR count). The zero-order valence-corrected chi connectivity index (χ0v) is 10.2. The van der Waals surface area contributed by atoms with E-state index in [9.17, 15) is 4.39 Å². The standard InChI is InChI=1S/C12H13ClFN3/c1-8-16-6-10(5-15)17(8)7-9-2-3-12(14)11(13)4-9/h2-4,6H,5,7,15H2,1H3. The third-order valence-electron chi connectivity index (χ3n) is 2.67. The normalized spacial score (nSPS) is 10.8. The zero-order chi connectivity index (χ0) is 12.4. The predicted molar refractivity (Wildman–Crippen MR) is 65.4 cm³/mol. The number of halogens is 2. The molecule has 90 valence electrons. The number of imidazole rings is 1. The molecule has 1 aromatic heterocycles. The lowest BCUT2D eigenvalue weighted by Gasteiger charge is -2.09. The molecule has 2 N–H and O–H groups in total. The van der Waals surface area contributed by atoms with Crippen molar-refractivity contribution >= 4 is 11.6 Å². The van der Waals surface area contributed by atoms with Crippen LogP contribution in [0.25, 0.3) is 0 Å². The summed E-state index contributed by atoms with van der Waals surface area (Å²) < 4.78 is 15.0. The number of aromatic nitrogens is 2. The Morgan fingerprint density at radius 2 is 2.24 bits per heavy atom. The average Bonchev–Trinajstić information content (AvgIpc) is 2.65. The van der Waals surface area contributed by atoms with Crippen LogP contribution in [0.1, 0.15) is 17.1 Å². The van der Waals surface area contributed by atoms with Crippen molar-refractivity contribution in [2.75, 3.05) is 0 Å². The fourth-order valence-electron chi connectivity index (χ4n) is 1.71. The van der Waals surface area contributed by atoms with Crippen LogP contribution < -0.4 is 5.73 Å². The molecule has 0 aliphatic heterocycles. The van der Waals surface area contributed by atoms with E-state index in [2.05, 4.69) is 4.98 Å². The molecule has 0 aliphatic rings. The van der Waals surface area contributed by atoms with Gasteiger partial charge in [0.25, 0.3) is 0 Å². The molecule has 0 bridgehead atoms. The second-order valence-electron chi connectivity index (χ2n) is 3.84. The van der Waals surface area contributed by atoms with Gasteiger partial charge in [-0.3, -0.25) is 0 Å². The van der Waals surface area contributed by atoms with E-state index in [1.54, 1.807) is 18.3 Å². The van der Waals surface area contributed by atoms with Crippen LogP contribution in [0, 0.1) is 12.7 Å². The van der Waals surface area contributed by atoms with E-state index in [1.165, 1.54) is 6.07 Å². The molecule has 0 saturated carbocycles. The summed E-state index contributed by atoms with van der Waals surface area (Å²) in [5, 5.41) is 0.134. The van der Waals surface area contributed by atoms with Gasteiger partial charge in [-0.05, 0) is 24.6 Å². The first kappa shape index (κ1) is 12.1. The highest BCUT2D eigenvalue weighted by atomic mass is 35.5. The fourth-order valence-corrected chi connectivity index (χ4v) is 1.92. The van der Waals surface area contributed by atoms with Crippen molar-refractivity contribution in [3.63, 3.8) is 0 Å². The molecular weight excluding hydrogens is 241 g/mol. The van der Waals surface area contributed by atoms with Crippen LogP contribution in [0.3, 0.4) is 0 Å². The number of benzene rings is 1. The molecule has 2 aromatic rings. The molecule has 0 radical (unpaired) electrons. The number of hydrogen-bond acceptors (Lipinski definition) is 2. The minimum absolute atomic E-state index is 0.134. The summed E-state index contributed by atoms with van der Waals surface area (Å²) in [5.41, 5.74) is 7.50. The van der Waals surface area contributed by atoms with Crippen LogP contribution >= 0.6 is 11.6 Å². The van der Waals surface area contributed by atoms with Gasteiger partial charge in [0.15, 0.2) is 0 Å². The van der Waals surface area contributed by atoms with Crippen molar-refractivity contribution in [2.24, 2.45) is 5.73 Å². The molecule has 0 amide bonds. The van der Waals surface area contributed by atoms with Crippen molar-refractivity contribution in [3.05, 3.63) is 52.3 Å². The quantitative estimate of drug-likeness (QED) is 0.913. The molecule has 0 saturated heterocycles. The Labute approximate surface area is 104 Å². The number of rotatable bonds is 3. The van der Waals surface area contributed by atoms with Crippen molar-refractivity contribution in [1.82, 2.24) is 9.55 Å². The first-order valence-corrected chi connectivity index (χ1v) is 5.64. The van der Waals surface area contributed by atoms with Crippen LogP contribution in [0.4, 0.5) is 4.39 Å². The van der Waals surface area contributed by atoms with Crippen molar-refractivity contribution in [2.45, 2.75) is 20.0 Å². The summed E-state index contributed by atoms with van der Waals surface area (Å²) in [4.78, 5) is 4.20. The molecule has 0 fully saturated rings. The SMILES string of the molecule is Cc1ncc(CN)n1Cc1ccc(F)c(Cl)c1. The number of aryl methyl sites for hydroxylation is 1. The van der Waals surface area contributed by atoms with E-state index in [-0.39, 0.29) is 5.02 Å². The summed E-state index contributed by atoms with van der Waals surface area (Å²) in [5.74, 6) is 0.475. The fraction of sp³-hybridized carbons (Fsp3) is 0.250. The van der Waals surface area contributed by atoms with Gasteiger partial charge in [-0.15, -0.1) is 0 Å². The van der Waals surface area contributed by atoms with Gasteiger partial charge >= 0.3 is 0 Å². The maximum atomic E-state index is 13.0. The molecule has 0 aliphatic carbocycles. The van der Waals surface area contributed by atoms with Gasteiger partial charge in [0.1, 0.15) is 11.6 Å². The number of nitrogens with zero attached hydrogens (tertiary/aromatic N) is 2. The van der Waals surface area contributed by atoms with Crippen LogP contribution in [0.15, 0.2) is 24.4 Å². The Bertz CT molecular complexity index is 537. The third-order valence-corrected chi connectivity index (χ3v) is 2.96. The smallest absolute Gasteiger partial charge is 0.141 e. The summed E-state index contributed by atoms with van der Waals surface area (Å²) in [7, 11) is 0. The Hall–Kier alpha value is -1.39. The van der Waals surface area contributed by atoms with E-state index in [0.717, 1.165) is 17.1 Å². The first-order valence-electron chi connectivity index (χ1n) is 5.27. The Morgan fingerprint density at radius 1 is 1.47 bits per heavy atom.